The number of benzene rings is 1. The van der Waals surface area contributed by atoms with Crippen LogP contribution >= 0.6 is 23.2 Å². The first kappa shape index (κ1) is 11.5. The van der Waals surface area contributed by atoms with Gasteiger partial charge < -0.3 is 4.57 Å². The van der Waals surface area contributed by atoms with Crippen LogP contribution in [0.15, 0.2) is 42.9 Å². The molecule has 0 N–H and O–H groups in total. The highest BCUT2D eigenvalue weighted by Crippen LogP contribution is 2.28. The second-order valence-electron chi connectivity index (χ2n) is 3.93. The summed E-state index contributed by atoms with van der Waals surface area (Å²) >= 11 is 12.2. The van der Waals surface area contributed by atoms with Crippen molar-refractivity contribution in [3.63, 3.8) is 0 Å². The SMILES string of the molecule is Clc1cc(Cl)c2ccn(Cc3ncccn3)c2c1. The Morgan fingerprint density at radius 3 is 2.67 bits per heavy atom. The molecule has 2 heterocycles. The third kappa shape index (κ3) is 2.07. The highest BCUT2D eigenvalue weighted by atomic mass is 35.5. The summed E-state index contributed by atoms with van der Waals surface area (Å²) in [6.45, 7) is 0.598. The van der Waals surface area contributed by atoms with E-state index in [9.17, 15) is 0 Å². The Balaban J connectivity index is 2.08. The van der Waals surface area contributed by atoms with E-state index in [1.807, 2.05) is 22.9 Å². The molecule has 2 aromatic heterocycles. The van der Waals surface area contributed by atoms with E-state index in [1.165, 1.54) is 0 Å². The minimum Gasteiger partial charge on any atom is -0.340 e. The van der Waals surface area contributed by atoms with Crippen LogP contribution in [0.25, 0.3) is 10.9 Å². The van der Waals surface area contributed by atoms with Crippen molar-refractivity contribution in [2.75, 3.05) is 0 Å². The van der Waals surface area contributed by atoms with Crippen molar-refractivity contribution < 1.29 is 0 Å². The fourth-order valence-corrected chi connectivity index (χ4v) is 2.47. The lowest BCUT2D eigenvalue weighted by atomic mass is 10.2. The molecule has 5 heteroatoms. The van der Waals surface area contributed by atoms with E-state index < -0.39 is 0 Å². The quantitative estimate of drug-likeness (QED) is 0.714. The van der Waals surface area contributed by atoms with Crippen LogP contribution in [-0.4, -0.2) is 14.5 Å². The van der Waals surface area contributed by atoms with E-state index in [0.29, 0.717) is 16.6 Å². The standard InChI is InChI=1S/C13H9Cl2N3/c14-9-6-11(15)10-2-5-18(12(10)7-9)8-13-16-3-1-4-17-13/h1-7H,8H2. The van der Waals surface area contributed by atoms with Gasteiger partial charge in [-0.2, -0.15) is 0 Å². The summed E-state index contributed by atoms with van der Waals surface area (Å²) in [6.07, 6.45) is 5.42. The van der Waals surface area contributed by atoms with Gasteiger partial charge in [0.1, 0.15) is 5.82 Å². The summed E-state index contributed by atoms with van der Waals surface area (Å²) in [5.74, 6) is 0.756. The smallest absolute Gasteiger partial charge is 0.147 e. The third-order valence-corrected chi connectivity index (χ3v) is 3.26. The molecule has 0 bridgehead atoms. The van der Waals surface area contributed by atoms with E-state index in [4.69, 9.17) is 23.2 Å². The van der Waals surface area contributed by atoms with Crippen molar-refractivity contribution in [1.82, 2.24) is 14.5 Å². The van der Waals surface area contributed by atoms with E-state index >= 15 is 0 Å². The molecule has 1 aromatic carbocycles. The number of aromatic nitrogens is 3. The van der Waals surface area contributed by atoms with E-state index in [2.05, 4.69) is 9.97 Å². The summed E-state index contributed by atoms with van der Waals surface area (Å²) in [6, 6.07) is 7.41. The average molecular weight is 278 g/mol. The molecular formula is C13H9Cl2N3. The first-order chi connectivity index (χ1) is 8.74. The van der Waals surface area contributed by atoms with Gasteiger partial charge in [0, 0.05) is 29.0 Å². The molecular weight excluding hydrogens is 269 g/mol. The summed E-state index contributed by atoms with van der Waals surface area (Å²) in [5.41, 5.74) is 0.986. The third-order valence-electron chi connectivity index (χ3n) is 2.73. The molecule has 0 fully saturated rings. The number of hydrogen-bond acceptors (Lipinski definition) is 2. The molecule has 0 amide bonds. The van der Waals surface area contributed by atoms with Crippen molar-refractivity contribution in [1.29, 1.82) is 0 Å². The molecule has 0 spiro atoms. The second-order valence-corrected chi connectivity index (χ2v) is 4.77. The molecule has 0 atom stereocenters. The lowest BCUT2D eigenvalue weighted by molar-refractivity contribution is 0.771. The van der Waals surface area contributed by atoms with E-state index in [0.717, 1.165) is 16.7 Å². The van der Waals surface area contributed by atoms with Crippen LogP contribution in [0.3, 0.4) is 0 Å². The summed E-state index contributed by atoms with van der Waals surface area (Å²) < 4.78 is 2.03. The average Bonchev–Trinajstić information content (AvgIpc) is 2.74. The fourth-order valence-electron chi connectivity index (χ4n) is 1.92. The molecule has 0 saturated carbocycles. The Morgan fingerprint density at radius 1 is 1.11 bits per heavy atom. The highest BCUT2D eigenvalue weighted by molar-refractivity contribution is 6.38. The van der Waals surface area contributed by atoms with Crippen molar-refractivity contribution in [2.45, 2.75) is 6.54 Å². The number of fused-ring (bicyclic) bond motifs is 1. The zero-order valence-corrected chi connectivity index (χ0v) is 10.9. The zero-order valence-electron chi connectivity index (χ0n) is 9.35. The van der Waals surface area contributed by atoms with Gasteiger partial charge in [-0.3, -0.25) is 0 Å². The minimum atomic E-state index is 0.598. The van der Waals surface area contributed by atoms with Crippen LogP contribution in [-0.2, 0) is 6.54 Å². The first-order valence-corrected chi connectivity index (χ1v) is 6.19. The summed E-state index contributed by atoms with van der Waals surface area (Å²) in [7, 11) is 0. The predicted octanol–water partition coefficient (Wildman–Crippen LogP) is 3.79. The number of nitrogens with zero attached hydrogens (tertiary/aromatic N) is 3. The number of rotatable bonds is 2. The molecule has 90 valence electrons. The maximum Gasteiger partial charge on any atom is 0.147 e. The van der Waals surface area contributed by atoms with Gasteiger partial charge >= 0.3 is 0 Å². The normalized spacial score (nSPS) is 11.0. The first-order valence-electron chi connectivity index (χ1n) is 5.44. The maximum atomic E-state index is 6.15. The lowest BCUT2D eigenvalue weighted by Crippen LogP contribution is -2.02. The van der Waals surface area contributed by atoms with Crippen LogP contribution in [0, 0.1) is 0 Å². The number of hydrogen-bond donors (Lipinski definition) is 0. The Labute approximate surface area is 114 Å². The van der Waals surface area contributed by atoms with Gasteiger partial charge in [-0.1, -0.05) is 23.2 Å². The van der Waals surface area contributed by atoms with Gasteiger partial charge in [0.25, 0.3) is 0 Å². The molecule has 0 saturated heterocycles. The van der Waals surface area contributed by atoms with Crippen LogP contribution in [0.5, 0.6) is 0 Å². The second kappa shape index (κ2) is 4.59. The maximum absolute atomic E-state index is 6.15. The molecule has 3 aromatic rings. The number of halogens is 2. The Bertz CT molecular complexity index is 692. The zero-order chi connectivity index (χ0) is 12.5. The van der Waals surface area contributed by atoms with E-state index in [1.54, 1.807) is 24.5 Å². The van der Waals surface area contributed by atoms with E-state index in [-0.39, 0.29) is 0 Å². The Morgan fingerprint density at radius 2 is 1.89 bits per heavy atom. The molecule has 0 aliphatic heterocycles. The van der Waals surface area contributed by atoms with Crippen molar-refractivity contribution >= 4 is 34.1 Å². The molecule has 18 heavy (non-hydrogen) atoms. The molecule has 0 aliphatic carbocycles. The predicted molar refractivity (Wildman–Crippen MR) is 73.1 cm³/mol. The van der Waals surface area contributed by atoms with Crippen molar-refractivity contribution in [3.8, 4) is 0 Å². The van der Waals surface area contributed by atoms with Crippen molar-refractivity contribution in [2.24, 2.45) is 0 Å². The molecule has 0 aliphatic rings. The van der Waals surface area contributed by atoms with Crippen LogP contribution < -0.4 is 0 Å². The summed E-state index contributed by atoms with van der Waals surface area (Å²) in [4.78, 5) is 8.41. The fraction of sp³-hybridized carbons (Fsp3) is 0.0769. The highest BCUT2D eigenvalue weighted by Gasteiger charge is 2.07. The van der Waals surface area contributed by atoms with Gasteiger partial charge in [0.15, 0.2) is 0 Å². The molecule has 3 nitrogen and oxygen atoms in total. The lowest BCUT2D eigenvalue weighted by Gasteiger charge is -2.05. The molecule has 0 unspecified atom stereocenters. The van der Waals surface area contributed by atoms with Crippen LogP contribution in [0.2, 0.25) is 10.0 Å². The molecule has 3 rings (SSSR count). The van der Waals surface area contributed by atoms with Crippen LogP contribution in [0.1, 0.15) is 5.82 Å². The molecule has 0 radical (unpaired) electrons. The van der Waals surface area contributed by atoms with Gasteiger partial charge in [-0.05, 0) is 24.3 Å². The van der Waals surface area contributed by atoms with Gasteiger partial charge in [-0.15, -0.1) is 0 Å². The van der Waals surface area contributed by atoms with Gasteiger partial charge in [0.2, 0.25) is 0 Å². The Hall–Kier alpha value is -1.58. The largest absolute Gasteiger partial charge is 0.340 e. The summed E-state index contributed by atoms with van der Waals surface area (Å²) in [5, 5.41) is 2.27. The topological polar surface area (TPSA) is 30.7 Å². The van der Waals surface area contributed by atoms with Crippen molar-refractivity contribution in [3.05, 3.63) is 58.7 Å². The minimum absolute atomic E-state index is 0.598. The van der Waals surface area contributed by atoms with Gasteiger partial charge in [-0.25, -0.2) is 9.97 Å². The van der Waals surface area contributed by atoms with Crippen LogP contribution in [0.4, 0.5) is 0 Å². The van der Waals surface area contributed by atoms with Gasteiger partial charge in [0.05, 0.1) is 17.1 Å². The Kier molecular flexibility index (Phi) is 2.94. The monoisotopic (exact) mass is 277 g/mol.